The van der Waals surface area contributed by atoms with Gasteiger partial charge in [-0.25, -0.2) is 4.79 Å². The monoisotopic (exact) mass is 181 g/mol. The van der Waals surface area contributed by atoms with Crippen molar-refractivity contribution in [3.8, 4) is 5.75 Å². The Kier molecular flexibility index (Phi) is 2.41. The smallest absolute Gasteiger partial charge is 0.339 e. The Bertz CT molecular complexity index is 347. The summed E-state index contributed by atoms with van der Waals surface area (Å²) in [7, 11) is 0. The maximum Gasteiger partial charge on any atom is 0.339 e. The number of nitrogens with two attached hydrogens (primary N) is 1. The van der Waals surface area contributed by atoms with E-state index in [0.717, 1.165) is 0 Å². The Labute approximate surface area is 75.6 Å². The van der Waals surface area contributed by atoms with Crippen molar-refractivity contribution in [3.63, 3.8) is 0 Å². The van der Waals surface area contributed by atoms with Gasteiger partial charge in [-0.15, -0.1) is 0 Å². The van der Waals surface area contributed by atoms with Crippen molar-refractivity contribution < 1.29 is 15.0 Å². The fraction of sp³-hybridized carbons (Fsp3) is 0.222. The first kappa shape index (κ1) is 9.38. The second-order valence-electron chi connectivity index (χ2n) is 2.69. The van der Waals surface area contributed by atoms with E-state index in [1.807, 2.05) is 0 Å². The molecule has 0 saturated heterocycles. The highest BCUT2D eigenvalue weighted by molar-refractivity contribution is 5.92. The molecule has 4 heteroatoms. The lowest BCUT2D eigenvalue weighted by Crippen LogP contribution is -2.01. The Balaban J connectivity index is 3.35. The van der Waals surface area contributed by atoms with Crippen LogP contribution in [0.4, 0.5) is 5.69 Å². The Hall–Kier alpha value is -1.71. The molecule has 0 bridgehead atoms. The van der Waals surface area contributed by atoms with Crippen molar-refractivity contribution in [3.05, 3.63) is 23.3 Å². The van der Waals surface area contributed by atoms with Gasteiger partial charge in [0, 0.05) is 11.3 Å². The zero-order chi connectivity index (χ0) is 10.0. The molecule has 4 N–H and O–H groups in total. The number of rotatable bonds is 2. The molecule has 0 aliphatic rings. The Morgan fingerprint density at radius 2 is 2.15 bits per heavy atom. The average Bonchev–Trinajstić information content (AvgIpc) is 2.04. The van der Waals surface area contributed by atoms with Crippen molar-refractivity contribution in [2.75, 3.05) is 5.73 Å². The van der Waals surface area contributed by atoms with Gasteiger partial charge in [-0.05, 0) is 18.6 Å². The number of carbonyl (C=O) groups is 1. The third-order valence-electron chi connectivity index (χ3n) is 1.90. The predicted octanol–water partition coefficient (Wildman–Crippen LogP) is 1.23. The fourth-order valence-electron chi connectivity index (χ4n) is 1.20. The minimum Gasteiger partial charge on any atom is -0.507 e. The summed E-state index contributed by atoms with van der Waals surface area (Å²) in [5, 5.41) is 18.2. The highest BCUT2D eigenvalue weighted by Gasteiger charge is 2.14. The van der Waals surface area contributed by atoms with Gasteiger partial charge in [0.1, 0.15) is 11.3 Å². The van der Waals surface area contributed by atoms with Gasteiger partial charge in [0.2, 0.25) is 0 Å². The molecule has 0 fully saturated rings. The molecule has 1 aromatic carbocycles. The van der Waals surface area contributed by atoms with Crippen molar-refractivity contribution >= 4 is 11.7 Å². The lowest BCUT2D eigenvalue weighted by molar-refractivity contribution is 0.0693. The Morgan fingerprint density at radius 1 is 1.54 bits per heavy atom. The van der Waals surface area contributed by atoms with Gasteiger partial charge in [-0.2, -0.15) is 0 Å². The van der Waals surface area contributed by atoms with E-state index in [-0.39, 0.29) is 11.3 Å². The normalized spacial score (nSPS) is 9.92. The Morgan fingerprint density at radius 3 is 2.62 bits per heavy atom. The first-order valence-electron chi connectivity index (χ1n) is 3.91. The summed E-state index contributed by atoms with van der Waals surface area (Å²) in [5.74, 6) is -1.37. The number of aromatic hydroxyl groups is 1. The highest BCUT2D eigenvalue weighted by Crippen LogP contribution is 2.28. The van der Waals surface area contributed by atoms with Crippen LogP contribution in [0.3, 0.4) is 0 Å². The average molecular weight is 181 g/mol. The van der Waals surface area contributed by atoms with Crippen LogP contribution in [-0.2, 0) is 6.42 Å². The van der Waals surface area contributed by atoms with Gasteiger partial charge in [-0.1, -0.05) is 6.92 Å². The number of hydrogen-bond donors (Lipinski definition) is 3. The zero-order valence-electron chi connectivity index (χ0n) is 7.24. The molecular weight excluding hydrogens is 170 g/mol. The molecule has 0 aliphatic carbocycles. The van der Waals surface area contributed by atoms with E-state index in [0.29, 0.717) is 17.7 Å². The maximum atomic E-state index is 10.6. The molecule has 70 valence electrons. The third-order valence-corrected chi connectivity index (χ3v) is 1.90. The van der Waals surface area contributed by atoms with E-state index in [1.54, 1.807) is 6.92 Å². The number of anilines is 1. The standard InChI is InChI=1S/C9H11NO3/c1-2-5-7(10)4-3-6(8(5)11)9(12)13/h3-4,11H,2,10H2,1H3,(H,12,13). The van der Waals surface area contributed by atoms with Crippen LogP contribution in [0.5, 0.6) is 5.75 Å². The summed E-state index contributed by atoms with van der Waals surface area (Å²) in [6, 6.07) is 2.79. The minimum atomic E-state index is -1.15. The topological polar surface area (TPSA) is 83.6 Å². The lowest BCUT2D eigenvalue weighted by atomic mass is 10.0. The second kappa shape index (κ2) is 3.35. The van der Waals surface area contributed by atoms with Crippen LogP contribution in [0.2, 0.25) is 0 Å². The maximum absolute atomic E-state index is 10.6. The van der Waals surface area contributed by atoms with E-state index in [9.17, 15) is 9.90 Å². The number of hydrogen-bond acceptors (Lipinski definition) is 3. The summed E-state index contributed by atoms with van der Waals surface area (Å²) in [6.45, 7) is 1.80. The first-order chi connectivity index (χ1) is 6.07. The molecule has 0 amide bonds. The van der Waals surface area contributed by atoms with Gasteiger partial charge in [0.05, 0.1) is 0 Å². The van der Waals surface area contributed by atoms with Gasteiger partial charge in [0.15, 0.2) is 0 Å². The quantitative estimate of drug-likeness (QED) is 0.599. The van der Waals surface area contributed by atoms with Crippen LogP contribution in [0.1, 0.15) is 22.8 Å². The van der Waals surface area contributed by atoms with Crippen molar-refractivity contribution in [2.24, 2.45) is 0 Å². The zero-order valence-corrected chi connectivity index (χ0v) is 7.24. The van der Waals surface area contributed by atoms with E-state index in [4.69, 9.17) is 10.8 Å². The number of phenols is 1. The van der Waals surface area contributed by atoms with Crippen LogP contribution < -0.4 is 5.73 Å². The molecule has 1 aromatic rings. The minimum absolute atomic E-state index is 0.106. The molecule has 0 saturated carbocycles. The van der Waals surface area contributed by atoms with Crippen molar-refractivity contribution in [1.29, 1.82) is 0 Å². The summed E-state index contributed by atoms with van der Waals surface area (Å²) >= 11 is 0. The number of carboxylic acids is 1. The molecule has 0 aromatic heterocycles. The molecule has 4 nitrogen and oxygen atoms in total. The summed E-state index contributed by atoms with van der Waals surface area (Å²) in [5.41, 5.74) is 6.35. The van der Waals surface area contributed by atoms with Crippen molar-refractivity contribution in [2.45, 2.75) is 13.3 Å². The SMILES string of the molecule is CCc1c(N)ccc(C(=O)O)c1O. The van der Waals surface area contributed by atoms with E-state index >= 15 is 0 Å². The van der Waals surface area contributed by atoms with E-state index in [1.165, 1.54) is 12.1 Å². The molecule has 0 atom stereocenters. The number of nitrogen functional groups attached to an aromatic ring is 1. The van der Waals surface area contributed by atoms with E-state index in [2.05, 4.69) is 0 Å². The molecule has 0 radical (unpaired) electrons. The predicted molar refractivity (Wildman–Crippen MR) is 48.9 cm³/mol. The van der Waals surface area contributed by atoms with E-state index < -0.39 is 5.97 Å². The summed E-state index contributed by atoms with van der Waals surface area (Å²) < 4.78 is 0. The number of benzene rings is 1. The van der Waals surface area contributed by atoms with Crippen LogP contribution in [-0.4, -0.2) is 16.2 Å². The van der Waals surface area contributed by atoms with Crippen LogP contribution in [0.15, 0.2) is 12.1 Å². The number of carboxylic acid groups (broad SMARTS) is 1. The summed E-state index contributed by atoms with van der Waals surface area (Å²) in [4.78, 5) is 10.6. The summed E-state index contributed by atoms with van der Waals surface area (Å²) in [6.07, 6.45) is 0.513. The lowest BCUT2D eigenvalue weighted by Gasteiger charge is -2.07. The van der Waals surface area contributed by atoms with Gasteiger partial charge >= 0.3 is 5.97 Å². The first-order valence-corrected chi connectivity index (χ1v) is 3.91. The van der Waals surface area contributed by atoms with Crippen LogP contribution >= 0.6 is 0 Å². The highest BCUT2D eigenvalue weighted by atomic mass is 16.4. The van der Waals surface area contributed by atoms with Crippen molar-refractivity contribution in [1.82, 2.24) is 0 Å². The third kappa shape index (κ3) is 1.56. The molecular formula is C9H11NO3. The molecule has 0 aliphatic heterocycles. The second-order valence-corrected chi connectivity index (χ2v) is 2.69. The fourth-order valence-corrected chi connectivity index (χ4v) is 1.20. The molecule has 0 unspecified atom stereocenters. The van der Waals surface area contributed by atoms with Gasteiger partial charge < -0.3 is 15.9 Å². The largest absolute Gasteiger partial charge is 0.507 e. The van der Waals surface area contributed by atoms with Gasteiger partial charge in [-0.3, -0.25) is 0 Å². The van der Waals surface area contributed by atoms with Crippen LogP contribution in [0.25, 0.3) is 0 Å². The molecule has 0 spiro atoms. The molecule has 1 rings (SSSR count). The van der Waals surface area contributed by atoms with Crippen LogP contribution in [0, 0.1) is 0 Å². The molecule has 13 heavy (non-hydrogen) atoms. The number of aromatic carboxylic acids is 1. The van der Waals surface area contributed by atoms with Gasteiger partial charge in [0.25, 0.3) is 0 Å². The molecule has 0 heterocycles.